The summed E-state index contributed by atoms with van der Waals surface area (Å²) in [5.74, 6) is 1.34. The molecule has 4 aromatic heterocycles. The Labute approximate surface area is 237 Å². The second-order valence-electron chi connectivity index (χ2n) is 9.44. The zero-order valence-electron chi connectivity index (χ0n) is 23.9. The molecule has 0 unspecified atom stereocenters. The van der Waals surface area contributed by atoms with Gasteiger partial charge in [-0.15, -0.1) is 0 Å². The molecule has 0 radical (unpaired) electrons. The van der Waals surface area contributed by atoms with Gasteiger partial charge in [0.15, 0.2) is 10.3 Å². The Balaban J connectivity index is 0.000000239. The van der Waals surface area contributed by atoms with Crippen molar-refractivity contribution in [2.24, 2.45) is 0 Å². The molecular weight excluding hydrogens is 532 g/mol. The van der Waals surface area contributed by atoms with Gasteiger partial charge in [0.05, 0.1) is 32.5 Å². The van der Waals surface area contributed by atoms with Crippen LogP contribution in [0, 0.1) is 34.6 Å². The number of rotatable bonds is 7. The first-order valence-corrected chi connectivity index (χ1v) is 14.0. The van der Waals surface area contributed by atoms with Gasteiger partial charge in [0.25, 0.3) is 0 Å². The molecule has 4 heterocycles. The topological polar surface area (TPSA) is 139 Å². The number of likely N-dealkylation sites (N-methyl/N-ethyl adjacent to an activating group) is 2. The number of thiazole rings is 2. The first-order chi connectivity index (χ1) is 18.3. The van der Waals surface area contributed by atoms with Crippen molar-refractivity contribution in [3.8, 4) is 21.1 Å². The Morgan fingerprint density at radius 3 is 1.97 bits per heavy atom. The lowest BCUT2D eigenvalue weighted by atomic mass is 10.2. The predicted molar refractivity (Wildman–Crippen MR) is 161 cm³/mol. The van der Waals surface area contributed by atoms with E-state index in [9.17, 15) is 4.79 Å². The number of aromatic nitrogens is 6. The maximum absolute atomic E-state index is 11.2. The maximum atomic E-state index is 11.2. The number of nitrogens with zero attached hydrogens (tertiary/aromatic N) is 8. The van der Waals surface area contributed by atoms with Crippen molar-refractivity contribution in [1.29, 1.82) is 0 Å². The van der Waals surface area contributed by atoms with Gasteiger partial charge in [-0.2, -0.15) is 0 Å². The Morgan fingerprint density at radius 1 is 0.821 bits per heavy atom. The van der Waals surface area contributed by atoms with Crippen molar-refractivity contribution in [3.05, 3.63) is 40.7 Å². The zero-order valence-corrected chi connectivity index (χ0v) is 25.6. The molecule has 0 spiro atoms. The molecule has 208 valence electrons. The first-order valence-electron chi connectivity index (χ1n) is 12.3. The molecule has 0 fully saturated rings. The number of carbonyl (C=O) groups excluding carboxylic acids is 1. The van der Waals surface area contributed by atoms with Gasteiger partial charge in [-0.25, -0.2) is 29.9 Å². The molecule has 0 aliphatic heterocycles. The quantitative estimate of drug-likeness (QED) is 0.332. The Kier molecular flexibility index (Phi) is 10.0. The van der Waals surface area contributed by atoms with Gasteiger partial charge in [0.1, 0.15) is 5.82 Å². The van der Waals surface area contributed by atoms with E-state index in [2.05, 4.69) is 40.1 Å². The van der Waals surface area contributed by atoms with E-state index in [1.54, 1.807) is 0 Å². The molecule has 13 heteroatoms. The minimum absolute atomic E-state index is 0.127. The molecule has 39 heavy (non-hydrogen) atoms. The van der Waals surface area contributed by atoms with E-state index in [1.165, 1.54) is 29.6 Å². The van der Waals surface area contributed by atoms with Crippen LogP contribution in [0.15, 0.2) is 12.1 Å². The van der Waals surface area contributed by atoms with E-state index >= 15 is 0 Å². The molecule has 0 saturated carbocycles. The van der Waals surface area contributed by atoms with Crippen molar-refractivity contribution in [1.82, 2.24) is 34.8 Å². The predicted octanol–water partition coefficient (Wildman–Crippen LogP) is 4.28. The number of nitrogens with two attached hydrogens (primary N) is 1. The monoisotopic (exact) mass is 568 g/mol. The highest BCUT2D eigenvalue weighted by atomic mass is 32.1. The summed E-state index contributed by atoms with van der Waals surface area (Å²) in [5.41, 5.74) is 11.0. The van der Waals surface area contributed by atoms with Crippen molar-refractivity contribution < 1.29 is 4.79 Å². The maximum Gasteiger partial charge on any atom is 0.225 e. The van der Waals surface area contributed by atoms with Crippen molar-refractivity contribution >= 4 is 44.8 Å². The normalized spacial score (nSPS) is 10.8. The summed E-state index contributed by atoms with van der Waals surface area (Å²) >= 11 is 2.89. The lowest BCUT2D eigenvalue weighted by Crippen LogP contribution is -2.29. The molecule has 0 atom stereocenters. The average Bonchev–Trinajstić information content (AvgIpc) is 3.36. The van der Waals surface area contributed by atoms with Gasteiger partial charge < -0.3 is 20.9 Å². The summed E-state index contributed by atoms with van der Waals surface area (Å²) in [4.78, 5) is 43.8. The fourth-order valence-electron chi connectivity index (χ4n) is 3.62. The van der Waals surface area contributed by atoms with Crippen LogP contribution in [0.3, 0.4) is 0 Å². The standard InChI is InChI=1S/C16H24N6OS.C10H12N4S/c1-10-9-13(14-11(2)18-16(24-14)19-12(3)23)20-15(17-10)22(6)8-7-21(4)5;1-5-4-8(14-7(3)12-5)9-6(2)13-10(11)15-9/h9H,7-8H2,1-6H3,(H,18,19,23);4H,1-3H3,(H2,11,13). The zero-order chi connectivity index (χ0) is 28.9. The summed E-state index contributed by atoms with van der Waals surface area (Å²) in [6.07, 6.45) is 0. The fourth-order valence-corrected chi connectivity index (χ4v) is 5.38. The molecule has 3 N–H and O–H groups in total. The Morgan fingerprint density at radius 2 is 1.41 bits per heavy atom. The van der Waals surface area contributed by atoms with Gasteiger partial charge >= 0.3 is 0 Å². The van der Waals surface area contributed by atoms with Crippen molar-refractivity contribution in [2.75, 3.05) is 50.2 Å². The van der Waals surface area contributed by atoms with Crippen LogP contribution in [0.1, 0.15) is 35.5 Å². The number of aryl methyl sites for hydroxylation is 5. The van der Waals surface area contributed by atoms with Gasteiger partial charge in [-0.1, -0.05) is 22.7 Å². The number of nitrogen functional groups attached to an aromatic ring is 1. The van der Waals surface area contributed by atoms with Gasteiger partial charge in [0.2, 0.25) is 11.9 Å². The number of anilines is 3. The lowest BCUT2D eigenvalue weighted by Gasteiger charge is -2.20. The molecule has 1 amide bonds. The molecule has 4 aromatic rings. The number of amides is 1. The highest BCUT2D eigenvalue weighted by molar-refractivity contribution is 7.19. The third-order valence-corrected chi connectivity index (χ3v) is 7.49. The van der Waals surface area contributed by atoms with E-state index in [-0.39, 0.29) is 5.91 Å². The number of carbonyl (C=O) groups is 1. The van der Waals surface area contributed by atoms with Crippen LogP contribution >= 0.6 is 22.7 Å². The summed E-state index contributed by atoms with van der Waals surface area (Å²) in [5, 5.41) is 3.90. The third-order valence-electron chi connectivity index (χ3n) is 5.39. The molecule has 0 saturated heterocycles. The molecule has 0 aliphatic carbocycles. The molecule has 4 rings (SSSR count). The number of hydrogen-bond donors (Lipinski definition) is 2. The van der Waals surface area contributed by atoms with Crippen LogP contribution in [0.4, 0.5) is 16.2 Å². The van der Waals surface area contributed by atoms with E-state index in [1.807, 2.05) is 72.8 Å². The van der Waals surface area contributed by atoms with Crippen LogP contribution in [-0.2, 0) is 4.79 Å². The van der Waals surface area contributed by atoms with Crippen LogP contribution in [-0.4, -0.2) is 74.9 Å². The fraction of sp³-hybridized carbons (Fsp3) is 0.423. The number of nitrogens with one attached hydrogen (secondary N) is 1. The minimum Gasteiger partial charge on any atom is -0.375 e. The van der Waals surface area contributed by atoms with Crippen LogP contribution in [0.5, 0.6) is 0 Å². The van der Waals surface area contributed by atoms with Gasteiger partial charge in [-0.3, -0.25) is 4.79 Å². The van der Waals surface area contributed by atoms with Gasteiger partial charge in [0, 0.05) is 38.4 Å². The molecule has 0 bridgehead atoms. The summed E-state index contributed by atoms with van der Waals surface area (Å²) < 4.78 is 0. The van der Waals surface area contributed by atoms with Crippen molar-refractivity contribution in [3.63, 3.8) is 0 Å². The van der Waals surface area contributed by atoms with Gasteiger partial charge in [-0.05, 0) is 60.8 Å². The molecule has 0 aromatic carbocycles. The molecule has 0 aliphatic rings. The summed E-state index contributed by atoms with van der Waals surface area (Å²) in [6.45, 7) is 12.9. The van der Waals surface area contributed by atoms with Crippen LogP contribution in [0.25, 0.3) is 21.1 Å². The highest BCUT2D eigenvalue weighted by Crippen LogP contribution is 2.33. The first kappa shape index (κ1) is 30.0. The SMILES string of the molecule is CC(=O)Nc1nc(C)c(-c2cc(C)nc(N(C)CCN(C)C)n2)s1.Cc1cc(-c2sc(N)nc2C)nc(C)n1. The average molecular weight is 569 g/mol. The largest absolute Gasteiger partial charge is 0.375 e. The highest BCUT2D eigenvalue weighted by Gasteiger charge is 2.15. The summed E-state index contributed by atoms with van der Waals surface area (Å²) in [6, 6.07) is 3.90. The lowest BCUT2D eigenvalue weighted by molar-refractivity contribution is -0.114. The van der Waals surface area contributed by atoms with E-state index < -0.39 is 0 Å². The smallest absolute Gasteiger partial charge is 0.225 e. The second kappa shape index (κ2) is 13.0. The van der Waals surface area contributed by atoms with E-state index in [0.29, 0.717) is 16.2 Å². The Bertz CT molecular complexity index is 1430. The molecule has 11 nitrogen and oxygen atoms in total. The third kappa shape index (κ3) is 8.47. The van der Waals surface area contributed by atoms with Crippen LogP contribution in [0.2, 0.25) is 0 Å². The number of hydrogen-bond acceptors (Lipinski definition) is 12. The van der Waals surface area contributed by atoms with E-state index in [4.69, 9.17) is 5.73 Å². The Hall–Kier alpha value is -3.55. The van der Waals surface area contributed by atoms with E-state index in [0.717, 1.165) is 62.8 Å². The minimum atomic E-state index is -0.127. The van der Waals surface area contributed by atoms with Crippen molar-refractivity contribution in [2.45, 2.75) is 41.5 Å². The van der Waals surface area contributed by atoms with Crippen LogP contribution < -0.4 is 16.0 Å². The summed E-state index contributed by atoms with van der Waals surface area (Å²) in [7, 11) is 6.07. The second-order valence-corrected chi connectivity index (χ2v) is 11.5. The molecular formula is C26H36N10OS2.